The topological polar surface area (TPSA) is 53.1 Å². The number of hydrogen-bond acceptors (Lipinski definition) is 5. The zero-order valence-electron chi connectivity index (χ0n) is 13.6. The molecule has 132 valence electrons. The maximum Gasteiger partial charge on any atom is 0.418 e. The largest absolute Gasteiger partial charge is 0.438 e. The molecule has 0 aliphatic carbocycles. The summed E-state index contributed by atoms with van der Waals surface area (Å²) in [5.41, 5.74) is -0.922. The molecule has 4 nitrogen and oxygen atoms in total. The van der Waals surface area contributed by atoms with Crippen molar-refractivity contribution >= 4 is 28.0 Å². The second-order valence-corrected chi connectivity index (χ2v) is 6.26. The van der Waals surface area contributed by atoms with Crippen molar-refractivity contribution in [3.05, 3.63) is 40.9 Å². The summed E-state index contributed by atoms with van der Waals surface area (Å²) >= 11 is 1.04. The van der Waals surface area contributed by atoms with Crippen LogP contribution in [0.2, 0.25) is 0 Å². The van der Waals surface area contributed by atoms with E-state index in [9.17, 15) is 13.2 Å². The lowest BCUT2D eigenvalue weighted by molar-refractivity contribution is -0.136. The van der Waals surface area contributed by atoms with E-state index < -0.39 is 17.3 Å². The highest BCUT2D eigenvalue weighted by atomic mass is 32.1. The van der Waals surface area contributed by atoms with Crippen LogP contribution in [0, 0.1) is 5.41 Å². The summed E-state index contributed by atoms with van der Waals surface area (Å²) in [6, 6.07) is 4.61. The number of rotatable bonds is 4. The van der Waals surface area contributed by atoms with Crippen molar-refractivity contribution in [1.29, 1.82) is 5.41 Å². The fourth-order valence-corrected chi connectivity index (χ4v) is 3.53. The van der Waals surface area contributed by atoms with Crippen molar-refractivity contribution in [2.45, 2.75) is 20.0 Å². The minimum absolute atomic E-state index is 0.0435. The number of anilines is 1. The minimum atomic E-state index is -4.62. The molecule has 0 atom stereocenters. The third kappa shape index (κ3) is 3.13. The van der Waals surface area contributed by atoms with Crippen molar-refractivity contribution in [2.24, 2.45) is 0 Å². The number of nitrogens with zero attached hydrogens (tertiary/aromatic N) is 2. The summed E-state index contributed by atoms with van der Waals surface area (Å²) in [5.74, 6) is 0. The molecule has 1 aromatic carbocycles. The number of benzene rings is 1. The molecule has 0 aliphatic rings. The van der Waals surface area contributed by atoms with Crippen LogP contribution < -0.4 is 10.5 Å². The van der Waals surface area contributed by atoms with Crippen LogP contribution in [-0.4, -0.2) is 18.1 Å². The zero-order chi connectivity index (χ0) is 18.2. The van der Waals surface area contributed by atoms with E-state index in [2.05, 4.69) is 4.98 Å². The van der Waals surface area contributed by atoms with Crippen molar-refractivity contribution in [2.75, 3.05) is 18.0 Å². The van der Waals surface area contributed by atoms with Crippen LogP contribution in [0.5, 0.6) is 0 Å². The van der Waals surface area contributed by atoms with Crippen LogP contribution in [0.3, 0.4) is 0 Å². The SMILES string of the molecule is CCN(CC)c1ccc2c(C(F)(F)F)c(-c3nccs3)c(=N)oc2c1. The van der Waals surface area contributed by atoms with Crippen molar-refractivity contribution in [3.63, 3.8) is 0 Å². The van der Waals surface area contributed by atoms with Gasteiger partial charge in [0.25, 0.3) is 0 Å². The maximum atomic E-state index is 13.8. The Morgan fingerprint density at radius 1 is 1.24 bits per heavy atom. The molecule has 1 N–H and O–H groups in total. The molecular formula is C17H16F3N3OS. The Kier molecular flexibility index (Phi) is 4.55. The molecule has 0 aliphatic heterocycles. The molecule has 0 unspecified atom stereocenters. The van der Waals surface area contributed by atoms with E-state index in [0.717, 1.165) is 30.1 Å². The minimum Gasteiger partial charge on any atom is -0.438 e. The second kappa shape index (κ2) is 6.51. The predicted molar refractivity (Wildman–Crippen MR) is 91.7 cm³/mol. The lowest BCUT2D eigenvalue weighted by Gasteiger charge is -2.22. The molecule has 2 aromatic heterocycles. The highest BCUT2D eigenvalue weighted by Gasteiger charge is 2.38. The van der Waals surface area contributed by atoms with Gasteiger partial charge in [0.05, 0.1) is 11.1 Å². The van der Waals surface area contributed by atoms with E-state index in [1.54, 1.807) is 17.5 Å². The normalized spacial score (nSPS) is 11.9. The van der Waals surface area contributed by atoms with E-state index in [0.29, 0.717) is 0 Å². The van der Waals surface area contributed by atoms with E-state index in [1.165, 1.54) is 12.3 Å². The Labute approximate surface area is 146 Å². The van der Waals surface area contributed by atoms with Gasteiger partial charge in [-0.05, 0) is 26.0 Å². The summed E-state index contributed by atoms with van der Waals surface area (Å²) in [5, 5.41) is 9.63. The molecule has 0 spiro atoms. The monoisotopic (exact) mass is 367 g/mol. The number of hydrogen-bond donors (Lipinski definition) is 1. The lowest BCUT2D eigenvalue weighted by Crippen LogP contribution is -2.22. The fraction of sp³-hybridized carbons (Fsp3) is 0.294. The number of fused-ring (bicyclic) bond motifs is 1. The smallest absolute Gasteiger partial charge is 0.418 e. The first-order valence-corrected chi connectivity index (χ1v) is 8.62. The van der Waals surface area contributed by atoms with Crippen molar-refractivity contribution in [1.82, 2.24) is 4.98 Å². The van der Waals surface area contributed by atoms with Gasteiger partial charge in [0.2, 0.25) is 5.55 Å². The third-order valence-electron chi connectivity index (χ3n) is 3.98. The Hall–Kier alpha value is -2.35. The average molecular weight is 367 g/mol. The van der Waals surface area contributed by atoms with Crippen LogP contribution in [0.1, 0.15) is 19.4 Å². The number of halogens is 3. The Balaban J connectivity index is 2.35. The number of aromatic nitrogens is 1. The van der Waals surface area contributed by atoms with Gasteiger partial charge in [-0.3, -0.25) is 5.41 Å². The fourth-order valence-electron chi connectivity index (χ4n) is 2.84. The van der Waals surface area contributed by atoms with Crippen LogP contribution in [0.4, 0.5) is 18.9 Å². The third-order valence-corrected chi connectivity index (χ3v) is 4.77. The average Bonchev–Trinajstić information content (AvgIpc) is 3.07. The van der Waals surface area contributed by atoms with Crippen LogP contribution in [0.25, 0.3) is 21.5 Å². The Morgan fingerprint density at radius 2 is 1.96 bits per heavy atom. The summed E-state index contributed by atoms with van der Waals surface area (Å²) in [6.45, 7) is 5.37. The summed E-state index contributed by atoms with van der Waals surface area (Å²) < 4.78 is 46.8. The Bertz CT molecular complexity index is 944. The molecule has 0 radical (unpaired) electrons. The van der Waals surface area contributed by atoms with Crippen molar-refractivity contribution in [3.8, 4) is 10.6 Å². The van der Waals surface area contributed by atoms with E-state index >= 15 is 0 Å². The molecule has 0 saturated heterocycles. The standard InChI is InChI=1S/C17H16F3N3OS/c1-3-23(4-2)10-5-6-11-12(9-10)24-15(21)13(14(11)17(18,19)20)16-22-7-8-25-16/h5-9,21H,3-4H2,1-2H3. The lowest BCUT2D eigenvalue weighted by atomic mass is 10.0. The molecule has 0 amide bonds. The van der Waals surface area contributed by atoms with Gasteiger partial charge in [0.15, 0.2) is 0 Å². The predicted octanol–water partition coefficient (Wildman–Crippen LogP) is 4.90. The summed E-state index contributed by atoms with van der Waals surface area (Å²) in [4.78, 5) is 5.93. The molecule has 8 heteroatoms. The summed E-state index contributed by atoms with van der Waals surface area (Å²) in [6.07, 6.45) is -3.21. The van der Waals surface area contributed by atoms with Gasteiger partial charge < -0.3 is 9.32 Å². The number of nitrogens with one attached hydrogen (secondary N) is 1. The van der Waals surface area contributed by atoms with Gasteiger partial charge in [-0.15, -0.1) is 11.3 Å². The first-order chi connectivity index (χ1) is 11.9. The Morgan fingerprint density at radius 3 is 2.52 bits per heavy atom. The van der Waals surface area contributed by atoms with Crippen molar-refractivity contribution < 1.29 is 17.6 Å². The molecule has 2 heterocycles. The first-order valence-electron chi connectivity index (χ1n) is 7.74. The molecule has 0 fully saturated rings. The van der Waals surface area contributed by atoms with Gasteiger partial charge >= 0.3 is 6.18 Å². The highest BCUT2D eigenvalue weighted by Crippen LogP contribution is 2.41. The number of thiazole rings is 1. The van der Waals surface area contributed by atoms with E-state index in [4.69, 9.17) is 9.83 Å². The summed E-state index contributed by atoms with van der Waals surface area (Å²) in [7, 11) is 0. The quantitative estimate of drug-likeness (QED) is 0.713. The van der Waals surface area contributed by atoms with Crippen LogP contribution in [-0.2, 0) is 6.18 Å². The van der Waals surface area contributed by atoms with E-state index in [-0.39, 0.29) is 21.5 Å². The molecular weight excluding hydrogens is 351 g/mol. The van der Waals surface area contributed by atoms with Gasteiger partial charge in [-0.1, -0.05) is 0 Å². The molecule has 25 heavy (non-hydrogen) atoms. The molecule has 3 rings (SSSR count). The van der Waals surface area contributed by atoms with Crippen LogP contribution >= 0.6 is 11.3 Å². The van der Waals surface area contributed by atoms with Gasteiger partial charge in [-0.25, -0.2) is 4.98 Å². The van der Waals surface area contributed by atoms with Crippen LogP contribution in [0.15, 0.2) is 34.2 Å². The highest BCUT2D eigenvalue weighted by molar-refractivity contribution is 7.13. The first kappa shape index (κ1) is 17.5. The van der Waals surface area contributed by atoms with Gasteiger partial charge in [0.1, 0.15) is 10.6 Å². The number of alkyl halides is 3. The van der Waals surface area contributed by atoms with Gasteiger partial charge in [0, 0.05) is 41.8 Å². The van der Waals surface area contributed by atoms with E-state index in [1.807, 2.05) is 18.7 Å². The second-order valence-electron chi connectivity index (χ2n) is 5.37. The maximum absolute atomic E-state index is 13.8. The molecule has 3 aromatic rings. The van der Waals surface area contributed by atoms with Gasteiger partial charge in [-0.2, -0.15) is 13.2 Å². The zero-order valence-corrected chi connectivity index (χ0v) is 14.5. The molecule has 0 bridgehead atoms. The molecule has 0 saturated carbocycles.